The van der Waals surface area contributed by atoms with Gasteiger partial charge in [0.1, 0.15) is 5.75 Å². The summed E-state index contributed by atoms with van der Waals surface area (Å²) in [5.74, 6) is -0.214. The first-order valence-corrected chi connectivity index (χ1v) is 6.22. The summed E-state index contributed by atoms with van der Waals surface area (Å²) in [5.41, 5.74) is 2.44. The highest BCUT2D eigenvalue weighted by Gasteiger charge is 2.24. The number of hydrogen-bond acceptors (Lipinski definition) is 3. The van der Waals surface area contributed by atoms with E-state index in [9.17, 15) is 4.79 Å². The molecular formula is C14H19NO3. The van der Waals surface area contributed by atoms with Crippen LogP contribution in [0.3, 0.4) is 0 Å². The fourth-order valence-corrected chi connectivity index (χ4v) is 2.60. The fraction of sp³-hybridized carbons (Fsp3) is 0.500. The molecule has 2 rings (SSSR count). The van der Waals surface area contributed by atoms with Crippen LogP contribution in [0.2, 0.25) is 0 Å². The number of carboxylic acids is 1. The Morgan fingerprint density at radius 2 is 2.28 bits per heavy atom. The van der Waals surface area contributed by atoms with Crippen molar-refractivity contribution < 1.29 is 14.6 Å². The molecule has 1 aliphatic carbocycles. The van der Waals surface area contributed by atoms with Crippen LogP contribution >= 0.6 is 0 Å². The number of aliphatic carboxylic acids is 1. The Bertz CT molecular complexity index is 443. The van der Waals surface area contributed by atoms with Gasteiger partial charge in [0.25, 0.3) is 0 Å². The van der Waals surface area contributed by atoms with Crippen LogP contribution < -0.4 is 4.74 Å². The molecule has 0 spiro atoms. The van der Waals surface area contributed by atoms with Gasteiger partial charge in [-0.15, -0.1) is 0 Å². The van der Waals surface area contributed by atoms with E-state index in [-0.39, 0.29) is 6.61 Å². The first kappa shape index (κ1) is 12.9. The molecule has 18 heavy (non-hydrogen) atoms. The number of benzene rings is 1. The third-order valence-corrected chi connectivity index (χ3v) is 3.41. The normalized spacial score (nSPS) is 18.5. The SMILES string of the molecule is CN(C)[C@@H]1CCCc2c(OCC(=O)O)cccc21. The summed E-state index contributed by atoms with van der Waals surface area (Å²) in [5, 5.41) is 8.69. The topological polar surface area (TPSA) is 49.8 Å². The van der Waals surface area contributed by atoms with E-state index in [1.54, 1.807) is 0 Å². The number of fused-ring (bicyclic) bond motifs is 1. The maximum Gasteiger partial charge on any atom is 0.341 e. The molecular weight excluding hydrogens is 230 g/mol. The minimum Gasteiger partial charge on any atom is -0.482 e. The van der Waals surface area contributed by atoms with Gasteiger partial charge in [0.05, 0.1) is 0 Å². The van der Waals surface area contributed by atoms with Crippen LogP contribution in [0.15, 0.2) is 18.2 Å². The highest BCUT2D eigenvalue weighted by atomic mass is 16.5. The molecule has 1 aliphatic rings. The number of rotatable bonds is 4. The van der Waals surface area contributed by atoms with Gasteiger partial charge in [0.2, 0.25) is 0 Å². The molecule has 0 amide bonds. The van der Waals surface area contributed by atoms with Crippen LogP contribution in [0, 0.1) is 0 Å². The van der Waals surface area contributed by atoms with E-state index in [1.165, 1.54) is 11.1 Å². The van der Waals surface area contributed by atoms with E-state index in [1.807, 2.05) is 12.1 Å². The Morgan fingerprint density at radius 3 is 2.94 bits per heavy atom. The summed E-state index contributed by atoms with van der Waals surface area (Å²) in [7, 11) is 4.15. The highest BCUT2D eigenvalue weighted by molar-refractivity contribution is 5.68. The molecule has 4 nitrogen and oxygen atoms in total. The van der Waals surface area contributed by atoms with Crippen LogP contribution in [0.5, 0.6) is 5.75 Å². The van der Waals surface area contributed by atoms with Crippen molar-refractivity contribution in [2.45, 2.75) is 25.3 Å². The predicted molar refractivity (Wildman–Crippen MR) is 68.9 cm³/mol. The summed E-state index contributed by atoms with van der Waals surface area (Å²) >= 11 is 0. The molecule has 1 aromatic carbocycles. The van der Waals surface area contributed by atoms with Crippen LogP contribution in [-0.4, -0.2) is 36.7 Å². The Labute approximate surface area is 107 Å². The molecule has 0 aliphatic heterocycles. The number of ether oxygens (including phenoxy) is 1. The summed E-state index contributed by atoms with van der Waals surface area (Å²) in [6.45, 7) is -0.275. The monoisotopic (exact) mass is 249 g/mol. The number of hydrogen-bond donors (Lipinski definition) is 1. The Hall–Kier alpha value is -1.55. The zero-order valence-corrected chi connectivity index (χ0v) is 10.8. The molecule has 0 fully saturated rings. The molecule has 1 atom stereocenters. The number of carbonyl (C=O) groups is 1. The first-order valence-electron chi connectivity index (χ1n) is 6.22. The summed E-state index contributed by atoms with van der Waals surface area (Å²) in [6, 6.07) is 6.33. The van der Waals surface area contributed by atoms with Crippen LogP contribution in [0.4, 0.5) is 0 Å². The smallest absolute Gasteiger partial charge is 0.341 e. The van der Waals surface area contributed by atoms with Gasteiger partial charge in [-0.2, -0.15) is 0 Å². The van der Waals surface area contributed by atoms with Crippen molar-refractivity contribution in [1.29, 1.82) is 0 Å². The van der Waals surface area contributed by atoms with E-state index in [4.69, 9.17) is 9.84 Å². The van der Waals surface area contributed by atoms with E-state index in [2.05, 4.69) is 25.1 Å². The molecule has 4 heteroatoms. The van der Waals surface area contributed by atoms with E-state index in [0.717, 1.165) is 25.0 Å². The van der Waals surface area contributed by atoms with Crippen molar-refractivity contribution in [3.63, 3.8) is 0 Å². The van der Waals surface area contributed by atoms with Gasteiger partial charge in [-0.1, -0.05) is 12.1 Å². The molecule has 0 radical (unpaired) electrons. The molecule has 0 bridgehead atoms. The lowest BCUT2D eigenvalue weighted by atomic mass is 9.86. The summed E-state index contributed by atoms with van der Waals surface area (Å²) in [6.07, 6.45) is 3.22. The molecule has 0 saturated heterocycles. The second kappa shape index (κ2) is 5.40. The van der Waals surface area contributed by atoms with Gasteiger partial charge in [0.15, 0.2) is 6.61 Å². The zero-order valence-electron chi connectivity index (χ0n) is 10.8. The second-order valence-electron chi connectivity index (χ2n) is 4.88. The third kappa shape index (κ3) is 2.64. The Morgan fingerprint density at radius 1 is 1.50 bits per heavy atom. The predicted octanol–water partition coefficient (Wildman–Crippen LogP) is 2.09. The standard InChI is InChI=1S/C14H19NO3/c1-15(2)12-7-3-6-11-10(12)5-4-8-13(11)18-9-14(16)17/h4-5,8,12H,3,6-7,9H2,1-2H3,(H,16,17)/t12-/m1/s1. The van der Waals surface area contributed by atoms with Gasteiger partial charge in [-0.05, 0) is 50.6 Å². The lowest BCUT2D eigenvalue weighted by molar-refractivity contribution is -0.139. The number of nitrogens with zero attached hydrogens (tertiary/aromatic N) is 1. The van der Waals surface area contributed by atoms with Crippen molar-refractivity contribution in [3.8, 4) is 5.75 Å². The molecule has 0 heterocycles. The minimum atomic E-state index is -0.937. The molecule has 1 aromatic rings. The number of carboxylic acid groups (broad SMARTS) is 1. The highest BCUT2D eigenvalue weighted by Crippen LogP contribution is 2.37. The van der Waals surface area contributed by atoms with Crippen LogP contribution in [-0.2, 0) is 11.2 Å². The molecule has 0 unspecified atom stereocenters. The average molecular weight is 249 g/mol. The lowest BCUT2D eigenvalue weighted by Gasteiger charge is -2.31. The van der Waals surface area contributed by atoms with Gasteiger partial charge >= 0.3 is 5.97 Å². The largest absolute Gasteiger partial charge is 0.482 e. The quantitative estimate of drug-likeness (QED) is 0.887. The minimum absolute atomic E-state index is 0.275. The van der Waals surface area contributed by atoms with Crippen LogP contribution in [0.25, 0.3) is 0 Å². The average Bonchev–Trinajstić information content (AvgIpc) is 2.35. The van der Waals surface area contributed by atoms with Crippen molar-refractivity contribution in [3.05, 3.63) is 29.3 Å². The second-order valence-corrected chi connectivity index (χ2v) is 4.88. The Balaban J connectivity index is 2.28. The summed E-state index contributed by atoms with van der Waals surface area (Å²) < 4.78 is 5.38. The van der Waals surface area contributed by atoms with Gasteiger partial charge < -0.3 is 14.7 Å². The van der Waals surface area contributed by atoms with Crippen LogP contribution in [0.1, 0.15) is 30.0 Å². The molecule has 98 valence electrons. The van der Waals surface area contributed by atoms with Gasteiger partial charge in [-0.25, -0.2) is 4.79 Å². The van der Waals surface area contributed by atoms with E-state index < -0.39 is 5.97 Å². The first-order chi connectivity index (χ1) is 8.59. The fourth-order valence-electron chi connectivity index (χ4n) is 2.60. The van der Waals surface area contributed by atoms with Gasteiger partial charge in [0, 0.05) is 6.04 Å². The Kier molecular flexibility index (Phi) is 3.87. The van der Waals surface area contributed by atoms with E-state index >= 15 is 0 Å². The van der Waals surface area contributed by atoms with Crippen molar-refractivity contribution in [2.75, 3.05) is 20.7 Å². The van der Waals surface area contributed by atoms with Crippen molar-refractivity contribution in [2.24, 2.45) is 0 Å². The third-order valence-electron chi connectivity index (χ3n) is 3.41. The lowest BCUT2D eigenvalue weighted by Crippen LogP contribution is -2.24. The summed E-state index contributed by atoms with van der Waals surface area (Å²) in [4.78, 5) is 12.8. The van der Waals surface area contributed by atoms with Crippen molar-refractivity contribution >= 4 is 5.97 Å². The molecule has 1 N–H and O–H groups in total. The molecule has 0 aromatic heterocycles. The maximum atomic E-state index is 10.6. The van der Waals surface area contributed by atoms with Gasteiger partial charge in [-0.3, -0.25) is 0 Å². The van der Waals surface area contributed by atoms with E-state index in [0.29, 0.717) is 6.04 Å². The van der Waals surface area contributed by atoms with Crippen molar-refractivity contribution in [1.82, 2.24) is 4.90 Å². The maximum absolute atomic E-state index is 10.6. The molecule has 0 saturated carbocycles. The zero-order chi connectivity index (χ0) is 13.1.